The Morgan fingerprint density at radius 3 is 2.95 bits per heavy atom. The van der Waals surface area contributed by atoms with Gasteiger partial charge in [-0.1, -0.05) is 0 Å². The molecule has 0 fully saturated rings. The van der Waals surface area contributed by atoms with E-state index in [4.69, 9.17) is 5.73 Å². The third kappa shape index (κ3) is 3.30. The van der Waals surface area contributed by atoms with Crippen molar-refractivity contribution < 1.29 is 9.18 Å². The summed E-state index contributed by atoms with van der Waals surface area (Å²) in [6.45, 7) is 0.427. The second-order valence-corrected chi connectivity index (χ2v) is 6.30. The first kappa shape index (κ1) is 14.0. The highest BCUT2D eigenvalue weighted by molar-refractivity contribution is 9.11. The Labute approximate surface area is 122 Å². The highest BCUT2D eigenvalue weighted by Gasteiger charge is 2.17. The van der Waals surface area contributed by atoms with Crippen molar-refractivity contribution in [3.63, 3.8) is 0 Å². The van der Waals surface area contributed by atoms with Gasteiger partial charge in [-0.25, -0.2) is 9.37 Å². The number of anilines is 1. The molecule has 0 aliphatic carbocycles. The van der Waals surface area contributed by atoms with Gasteiger partial charge in [0.1, 0.15) is 11.6 Å². The van der Waals surface area contributed by atoms with E-state index in [-0.39, 0.29) is 17.3 Å². The number of nitrogens with zero attached hydrogens (tertiary/aromatic N) is 2. The van der Waals surface area contributed by atoms with Crippen LogP contribution in [-0.4, -0.2) is 22.8 Å². The predicted molar refractivity (Wildman–Crippen MR) is 76.4 cm³/mol. The second kappa shape index (κ2) is 5.66. The molecular formula is C12H11BrFN3OS. The zero-order valence-electron chi connectivity index (χ0n) is 10.1. The molecule has 0 unspecified atom stereocenters. The van der Waals surface area contributed by atoms with Gasteiger partial charge in [-0.3, -0.25) is 4.79 Å². The van der Waals surface area contributed by atoms with Crippen molar-refractivity contribution in [2.75, 3.05) is 12.8 Å². The SMILES string of the molecule is CN(Cc1csc(Br)c1)C(=O)c1cc(F)cnc1N. The van der Waals surface area contributed by atoms with Crippen LogP contribution in [0.1, 0.15) is 15.9 Å². The van der Waals surface area contributed by atoms with Gasteiger partial charge in [0.05, 0.1) is 15.5 Å². The van der Waals surface area contributed by atoms with E-state index in [0.29, 0.717) is 6.54 Å². The van der Waals surface area contributed by atoms with Crippen LogP contribution in [0, 0.1) is 5.82 Å². The normalized spacial score (nSPS) is 10.5. The Morgan fingerprint density at radius 1 is 1.58 bits per heavy atom. The summed E-state index contributed by atoms with van der Waals surface area (Å²) in [5, 5.41) is 1.95. The molecule has 0 aromatic carbocycles. The van der Waals surface area contributed by atoms with Gasteiger partial charge in [0, 0.05) is 13.6 Å². The molecule has 2 heterocycles. The van der Waals surface area contributed by atoms with Crippen molar-refractivity contribution in [1.29, 1.82) is 0 Å². The van der Waals surface area contributed by atoms with Crippen LogP contribution in [0.5, 0.6) is 0 Å². The quantitative estimate of drug-likeness (QED) is 0.931. The van der Waals surface area contributed by atoms with Gasteiger partial charge in [-0.15, -0.1) is 11.3 Å². The maximum atomic E-state index is 13.1. The lowest BCUT2D eigenvalue weighted by molar-refractivity contribution is 0.0785. The zero-order chi connectivity index (χ0) is 14.0. The molecule has 100 valence electrons. The number of rotatable bonds is 3. The van der Waals surface area contributed by atoms with E-state index in [1.54, 1.807) is 18.4 Å². The Kier molecular flexibility index (Phi) is 4.16. The van der Waals surface area contributed by atoms with Gasteiger partial charge >= 0.3 is 0 Å². The van der Waals surface area contributed by atoms with Gasteiger partial charge in [0.15, 0.2) is 0 Å². The van der Waals surface area contributed by atoms with E-state index in [2.05, 4.69) is 20.9 Å². The van der Waals surface area contributed by atoms with Gasteiger partial charge < -0.3 is 10.6 Å². The Hall–Kier alpha value is -1.47. The van der Waals surface area contributed by atoms with Gasteiger partial charge in [0.25, 0.3) is 5.91 Å². The molecular weight excluding hydrogens is 333 g/mol. The molecule has 0 bridgehead atoms. The summed E-state index contributed by atoms with van der Waals surface area (Å²) in [5.74, 6) is -0.902. The van der Waals surface area contributed by atoms with Crippen molar-refractivity contribution >= 4 is 39.0 Å². The minimum Gasteiger partial charge on any atom is -0.383 e. The number of amides is 1. The molecule has 0 atom stereocenters. The molecule has 7 heteroatoms. The number of hydrogen-bond donors (Lipinski definition) is 1. The number of aromatic nitrogens is 1. The predicted octanol–water partition coefficient (Wildman–Crippen LogP) is 2.90. The zero-order valence-corrected chi connectivity index (χ0v) is 12.5. The molecule has 19 heavy (non-hydrogen) atoms. The molecule has 0 aliphatic heterocycles. The molecule has 0 saturated heterocycles. The summed E-state index contributed by atoms with van der Waals surface area (Å²) in [6, 6.07) is 3.03. The fourth-order valence-corrected chi connectivity index (χ4v) is 2.80. The van der Waals surface area contributed by atoms with Crippen LogP contribution in [0.4, 0.5) is 10.2 Å². The topological polar surface area (TPSA) is 59.2 Å². The summed E-state index contributed by atoms with van der Waals surface area (Å²) < 4.78 is 14.1. The summed E-state index contributed by atoms with van der Waals surface area (Å²) >= 11 is 4.90. The van der Waals surface area contributed by atoms with Crippen molar-refractivity contribution in [1.82, 2.24) is 9.88 Å². The lowest BCUT2D eigenvalue weighted by Gasteiger charge is -2.17. The number of carbonyl (C=O) groups excluding carboxylic acids is 1. The van der Waals surface area contributed by atoms with Crippen LogP contribution in [0.25, 0.3) is 0 Å². The van der Waals surface area contributed by atoms with E-state index in [0.717, 1.165) is 21.6 Å². The average molecular weight is 344 g/mol. The highest BCUT2D eigenvalue weighted by atomic mass is 79.9. The van der Waals surface area contributed by atoms with E-state index in [1.165, 1.54) is 4.90 Å². The molecule has 0 saturated carbocycles. The Morgan fingerprint density at radius 2 is 2.32 bits per heavy atom. The first-order valence-corrected chi connectivity index (χ1v) is 7.04. The molecule has 0 spiro atoms. The summed E-state index contributed by atoms with van der Waals surface area (Å²) in [4.78, 5) is 17.3. The third-order valence-corrected chi connectivity index (χ3v) is 4.06. The van der Waals surface area contributed by atoms with Crippen LogP contribution >= 0.6 is 27.3 Å². The number of pyridine rings is 1. The molecule has 0 aliphatic rings. The van der Waals surface area contributed by atoms with Crippen LogP contribution in [0.15, 0.2) is 27.5 Å². The number of halogens is 2. The summed E-state index contributed by atoms with van der Waals surface area (Å²) in [5.41, 5.74) is 6.67. The maximum Gasteiger partial charge on any atom is 0.257 e. The van der Waals surface area contributed by atoms with Crippen molar-refractivity contribution in [3.8, 4) is 0 Å². The summed E-state index contributed by atoms with van der Waals surface area (Å²) in [7, 11) is 1.64. The van der Waals surface area contributed by atoms with Gasteiger partial charge in [-0.2, -0.15) is 0 Å². The van der Waals surface area contributed by atoms with E-state index < -0.39 is 5.82 Å². The standard InChI is InChI=1S/C12H11BrFN3OS/c1-17(5-7-2-10(13)19-6-7)12(18)9-3-8(14)4-16-11(9)15/h2-4,6H,5H2,1H3,(H2,15,16). The Balaban J connectivity index is 2.16. The highest BCUT2D eigenvalue weighted by Crippen LogP contribution is 2.22. The molecule has 4 nitrogen and oxygen atoms in total. The first-order chi connectivity index (χ1) is 8.97. The van der Waals surface area contributed by atoms with Crippen molar-refractivity contribution in [2.45, 2.75) is 6.54 Å². The van der Waals surface area contributed by atoms with Crippen LogP contribution in [0.3, 0.4) is 0 Å². The lowest BCUT2D eigenvalue weighted by Crippen LogP contribution is -2.27. The van der Waals surface area contributed by atoms with E-state index in [1.807, 2.05) is 11.4 Å². The van der Waals surface area contributed by atoms with Crippen molar-refractivity contribution in [2.24, 2.45) is 0 Å². The second-order valence-electron chi connectivity index (χ2n) is 4.01. The Bertz CT molecular complexity index is 617. The molecule has 2 aromatic heterocycles. The number of thiophene rings is 1. The number of hydrogen-bond acceptors (Lipinski definition) is 4. The molecule has 0 radical (unpaired) electrons. The van der Waals surface area contributed by atoms with E-state index >= 15 is 0 Å². The van der Waals surface area contributed by atoms with E-state index in [9.17, 15) is 9.18 Å². The molecule has 2 rings (SSSR count). The molecule has 1 amide bonds. The third-order valence-electron chi connectivity index (χ3n) is 2.50. The maximum absolute atomic E-state index is 13.1. The lowest BCUT2D eigenvalue weighted by atomic mass is 10.2. The fraction of sp³-hybridized carbons (Fsp3) is 0.167. The summed E-state index contributed by atoms with van der Waals surface area (Å²) in [6.07, 6.45) is 0.988. The monoisotopic (exact) mass is 343 g/mol. The van der Waals surface area contributed by atoms with Crippen LogP contribution < -0.4 is 5.73 Å². The number of carbonyl (C=O) groups is 1. The first-order valence-electron chi connectivity index (χ1n) is 5.37. The number of nitrogens with two attached hydrogens (primary N) is 1. The van der Waals surface area contributed by atoms with Crippen molar-refractivity contribution in [3.05, 3.63) is 44.4 Å². The smallest absolute Gasteiger partial charge is 0.257 e. The minimum absolute atomic E-state index is 0.0322. The average Bonchev–Trinajstić information content (AvgIpc) is 2.77. The van der Waals surface area contributed by atoms with Gasteiger partial charge in [-0.05, 0) is 39.0 Å². The largest absolute Gasteiger partial charge is 0.383 e. The van der Waals surface area contributed by atoms with Crippen LogP contribution in [0.2, 0.25) is 0 Å². The van der Waals surface area contributed by atoms with Crippen LogP contribution in [-0.2, 0) is 6.54 Å². The minimum atomic E-state index is -0.579. The van der Waals surface area contributed by atoms with Gasteiger partial charge in [0.2, 0.25) is 0 Å². The molecule has 2 N–H and O–H groups in total. The number of nitrogen functional groups attached to an aromatic ring is 1. The molecule has 2 aromatic rings. The fourth-order valence-electron chi connectivity index (χ4n) is 1.60.